The highest BCUT2D eigenvalue weighted by Crippen LogP contribution is 2.26. The first-order valence-electron chi connectivity index (χ1n) is 8.81. The van der Waals surface area contributed by atoms with Crippen LogP contribution in [-0.4, -0.2) is 22.7 Å². The van der Waals surface area contributed by atoms with Gasteiger partial charge >= 0.3 is 0 Å². The molecule has 0 atom stereocenters. The lowest BCUT2D eigenvalue weighted by molar-refractivity contribution is 0.0950. The van der Waals surface area contributed by atoms with E-state index in [1.54, 1.807) is 12.1 Å². The molecular weight excluding hydrogens is 340 g/mol. The molecule has 2 N–H and O–H groups in total. The summed E-state index contributed by atoms with van der Waals surface area (Å²) in [5, 5.41) is 12.8. The van der Waals surface area contributed by atoms with Crippen LogP contribution in [0, 0.1) is 20.8 Å². The summed E-state index contributed by atoms with van der Waals surface area (Å²) in [6, 6.07) is 15.1. The first-order chi connectivity index (χ1) is 12.9. The van der Waals surface area contributed by atoms with E-state index in [1.807, 2.05) is 38.1 Å². The van der Waals surface area contributed by atoms with Gasteiger partial charge in [0.25, 0.3) is 5.91 Å². The molecule has 1 aromatic heterocycles. The molecule has 140 valence electrons. The summed E-state index contributed by atoms with van der Waals surface area (Å²) in [6.45, 7) is 6.33. The maximum atomic E-state index is 12.7. The number of hydrogen-bond donors (Lipinski definition) is 2. The van der Waals surface area contributed by atoms with E-state index >= 15 is 0 Å². The van der Waals surface area contributed by atoms with Crippen molar-refractivity contribution in [2.24, 2.45) is 0 Å². The number of aryl methyl sites for hydroxylation is 2. The molecule has 3 rings (SSSR count). The van der Waals surface area contributed by atoms with Gasteiger partial charge in [-0.05, 0) is 56.2 Å². The lowest BCUT2D eigenvalue weighted by Crippen LogP contribution is -2.23. The van der Waals surface area contributed by atoms with Crippen molar-refractivity contribution in [1.29, 1.82) is 0 Å². The first kappa shape index (κ1) is 18.6. The van der Waals surface area contributed by atoms with Crippen LogP contribution in [0.2, 0.25) is 0 Å². The third-order valence-corrected chi connectivity index (χ3v) is 4.73. The number of nitrogens with zero attached hydrogens (tertiary/aromatic N) is 1. The van der Waals surface area contributed by atoms with E-state index in [9.17, 15) is 9.90 Å². The molecule has 0 bridgehead atoms. The number of ether oxygens (including phenoxy) is 1. The van der Waals surface area contributed by atoms with Gasteiger partial charge in [0.1, 0.15) is 0 Å². The quantitative estimate of drug-likeness (QED) is 0.718. The number of aromatic nitrogens is 1. The molecule has 1 amide bonds. The number of amides is 1. The number of rotatable bonds is 5. The van der Waals surface area contributed by atoms with E-state index in [1.165, 1.54) is 7.11 Å². The van der Waals surface area contributed by atoms with Gasteiger partial charge in [-0.3, -0.25) is 4.79 Å². The van der Waals surface area contributed by atoms with Crippen LogP contribution in [0.3, 0.4) is 0 Å². The summed E-state index contributed by atoms with van der Waals surface area (Å²) < 4.78 is 7.14. The molecule has 0 fully saturated rings. The second-order valence-corrected chi connectivity index (χ2v) is 6.60. The van der Waals surface area contributed by atoms with Gasteiger partial charge in [-0.25, -0.2) is 0 Å². The SMILES string of the molecule is COc1ccc(CNC(=O)c2cc(C)n(-c3ccccc3C)c2C)cc1O. The van der Waals surface area contributed by atoms with E-state index < -0.39 is 0 Å². The molecule has 0 spiro atoms. The van der Waals surface area contributed by atoms with Crippen molar-refractivity contribution < 1.29 is 14.6 Å². The molecule has 0 unspecified atom stereocenters. The van der Waals surface area contributed by atoms with Crippen LogP contribution in [0.4, 0.5) is 0 Å². The van der Waals surface area contributed by atoms with E-state index in [0.717, 1.165) is 28.2 Å². The summed E-state index contributed by atoms with van der Waals surface area (Å²) >= 11 is 0. The molecule has 0 aliphatic carbocycles. The number of methoxy groups -OCH3 is 1. The highest BCUT2D eigenvalue weighted by atomic mass is 16.5. The molecule has 5 nitrogen and oxygen atoms in total. The molecule has 27 heavy (non-hydrogen) atoms. The third-order valence-electron chi connectivity index (χ3n) is 4.73. The van der Waals surface area contributed by atoms with Crippen molar-refractivity contribution in [2.75, 3.05) is 7.11 Å². The molecule has 0 radical (unpaired) electrons. The number of para-hydroxylation sites is 1. The van der Waals surface area contributed by atoms with Gasteiger partial charge in [0.15, 0.2) is 11.5 Å². The average Bonchev–Trinajstić information content (AvgIpc) is 2.95. The minimum Gasteiger partial charge on any atom is -0.504 e. The Kier molecular flexibility index (Phi) is 5.21. The molecular formula is C22H24N2O3. The van der Waals surface area contributed by atoms with Crippen LogP contribution in [0.15, 0.2) is 48.5 Å². The van der Waals surface area contributed by atoms with Crippen molar-refractivity contribution in [3.63, 3.8) is 0 Å². The standard InChI is InChI=1S/C22H24N2O3/c1-14-7-5-6-8-19(14)24-15(2)11-18(16(24)3)22(26)23-13-17-9-10-21(27-4)20(25)12-17/h5-12,25H,13H2,1-4H3,(H,23,26). The number of phenols is 1. The van der Waals surface area contributed by atoms with Crippen LogP contribution in [-0.2, 0) is 6.54 Å². The van der Waals surface area contributed by atoms with Crippen molar-refractivity contribution in [2.45, 2.75) is 27.3 Å². The lowest BCUT2D eigenvalue weighted by Gasteiger charge is -2.13. The smallest absolute Gasteiger partial charge is 0.253 e. The number of nitrogens with one attached hydrogen (secondary N) is 1. The molecule has 1 heterocycles. The summed E-state index contributed by atoms with van der Waals surface area (Å²) in [5.74, 6) is 0.326. The number of hydrogen-bond acceptors (Lipinski definition) is 3. The molecule has 0 saturated carbocycles. The van der Waals surface area contributed by atoms with Crippen molar-refractivity contribution in [1.82, 2.24) is 9.88 Å². The Bertz CT molecular complexity index is 989. The van der Waals surface area contributed by atoms with Crippen LogP contribution >= 0.6 is 0 Å². The van der Waals surface area contributed by atoms with Gasteiger partial charge in [0.05, 0.1) is 12.7 Å². The molecule has 2 aromatic carbocycles. The number of carbonyl (C=O) groups is 1. The number of carbonyl (C=O) groups excluding carboxylic acids is 1. The summed E-state index contributed by atoms with van der Waals surface area (Å²) in [4.78, 5) is 12.7. The minimum absolute atomic E-state index is 0.0574. The maximum absolute atomic E-state index is 12.7. The Hall–Kier alpha value is -3.21. The first-order valence-corrected chi connectivity index (χ1v) is 8.81. The third kappa shape index (κ3) is 3.67. The Balaban J connectivity index is 1.81. The van der Waals surface area contributed by atoms with Crippen LogP contribution in [0.5, 0.6) is 11.5 Å². The highest BCUT2D eigenvalue weighted by molar-refractivity contribution is 5.95. The second-order valence-electron chi connectivity index (χ2n) is 6.60. The van der Waals surface area contributed by atoms with E-state index in [2.05, 4.69) is 28.9 Å². The van der Waals surface area contributed by atoms with Crippen LogP contribution in [0.25, 0.3) is 5.69 Å². The van der Waals surface area contributed by atoms with E-state index in [4.69, 9.17) is 4.74 Å². The number of phenolic OH excluding ortho intramolecular Hbond substituents is 1. The van der Waals surface area contributed by atoms with Gasteiger partial charge in [0, 0.05) is 23.6 Å². The van der Waals surface area contributed by atoms with Gasteiger partial charge in [-0.15, -0.1) is 0 Å². The molecule has 5 heteroatoms. The van der Waals surface area contributed by atoms with Crippen molar-refractivity contribution in [3.05, 3.63) is 76.6 Å². The Morgan fingerprint density at radius 2 is 1.85 bits per heavy atom. The number of aromatic hydroxyl groups is 1. The van der Waals surface area contributed by atoms with E-state index in [0.29, 0.717) is 17.9 Å². The fraction of sp³-hybridized carbons (Fsp3) is 0.227. The second kappa shape index (κ2) is 7.58. The van der Waals surface area contributed by atoms with Crippen LogP contribution < -0.4 is 10.1 Å². The van der Waals surface area contributed by atoms with Crippen LogP contribution in [0.1, 0.15) is 32.9 Å². The summed E-state index contributed by atoms with van der Waals surface area (Å²) in [7, 11) is 1.50. The average molecular weight is 364 g/mol. The predicted molar refractivity (Wildman–Crippen MR) is 106 cm³/mol. The van der Waals surface area contributed by atoms with Gasteiger partial charge in [0.2, 0.25) is 0 Å². The minimum atomic E-state index is -0.141. The Morgan fingerprint density at radius 3 is 2.52 bits per heavy atom. The zero-order valence-electron chi connectivity index (χ0n) is 16.0. The molecule has 0 aliphatic heterocycles. The fourth-order valence-corrected chi connectivity index (χ4v) is 3.30. The Morgan fingerprint density at radius 1 is 1.11 bits per heavy atom. The van der Waals surface area contributed by atoms with Crippen molar-refractivity contribution in [3.8, 4) is 17.2 Å². The normalized spacial score (nSPS) is 10.7. The van der Waals surface area contributed by atoms with Gasteiger partial charge in [-0.1, -0.05) is 24.3 Å². The topological polar surface area (TPSA) is 63.5 Å². The summed E-state index contributed by atoms with van der Waals surface area (Å²) in [6.07, 6.45) is 0. The largest absolute Gasteiger partial charge is 0.504 e. The molecule has 0 saturated heterocycles. The van der Waals surface area contributed by atoms with Gasteiger partial charge in [-0.2, -0.15) is 0 Å². The number of benzene rings is 2. The zero-order chi connectivity index (χ0) is 19.6. The predicted octanol–water partition coefficient (Wildman–Crippen LogP) is 4.05. The zero-order valence-corrected chi connectivity index (χ0v) is 16.0. The summed E-state index contributed by atoms with van der Waals surface area (Å²) in [5.41, 5.74) is 5.58. The maximum Gasteiger partial charge on any atom is 0.253 e. The van der Waals surface area contributed by atoms with E-state index in [-0.39, 0.29) is 11.7 Å². The fourth-order valence-electron chi connectivity index (χ4n) is 3.30. The molecule has 0 aliphatic rings. The van der Waals surface area contributed by atoms with Gasteiger partial charge < -0.3 is 19.7 Å². The molecule has 3 aromatic rings. The van der Waals surface area contributed by atoms with Crippen molar-refractivity contribution >= 4 is 5.91 Å². The Labute approximate surface area is 159 Å². The monoisotopic (exact) mass is 364 g/mol. The highest BCUT2D eigenvalue weighted by Gasteiger charge is 2.17. The lowest BCUT2D eigenvalue weighted by atomic mass is 10.1.